The number of hydrogen-bond acceptors (Lipinski definition) is 11. The Hall–Kier alpha value is -6.36. The summed E-state index contributed by atoms with van der Waals surface area (Å²) < 4.78 is 5.84. The van der Waals surface area contributed by atoms with E-state index in [1.54, 1.807) is 19.1 Å². The zero-order valence-corrected chi connectivity index (χ0v) is 27.9. The van der Waals surface area contributed by atoms with E-state index in [0.29, 0.717) is 11.1 Å². The van der Waals surface area contributed by atoms with Crippen molar-refractivity contribution in [1.82, 2.24) is 0 Å². The second-order valence-electron chi connectivity index (χ2n) is 13.1. The van der Waals surface area contributed by atoms with Crippen LogP contribution in [0, 0.1) is 5.92 Å². The molecule has 6 rings (SSSR count). The van der Waals surface area contributed by atoms with E-state index < -0.39 is 46.2 Å². The van der Waals surface area contributed by atoms with Crippen LogP contribution in [0.1, 0.15) is 66.1 Å². The van der Waals surface area contributed by atoms with Crippen LogP contribution in [0.5, 0.6) is 46.0 Å². The van der Waals surface area contributed by atoms with Gasteiger partial charge in [0.2, 0.25) is 0 Å². The lowest BCUT2D eigenvalue weighted by molar-refractivity contribution is 0.0889. The van der Waals surface area contributed by atoms with Gasteiger partial charge in [-0.05, 0) is 63.9 Å². The highest BCUT2D eigenvalue weighted by molar-refractivity contribution is 6.02. The predicted octanol–water partition coefficient (Wildman–Crippen LogP) is 7.33. The molecule has 0 radical (unpaired) electrons. The van der Waals surface area contributed by atoms with Crippen LogP contribution >= 0.6 is 0 Å². The van der Waals surface area contributed by atoms with Crippen LogP contribution in [0.25, 0.3) is 22.3 Å². The third-order valence-corrected chi connectivity index (χ3v) is 9.47. The van der Waals surface area contributed by atoms with Crippen molar-refractivity contribution in [3.05, 3.63) is 116 Å². The number of carbonyl (C=O) groups is 1. The molecule has 51 heavy (non-hydrogen) atoms. The summed E-state index contributed by atoms with van der Waals surface area (Å²) in [5.41, 5.74) is 1.00. The van der Waals surface area contributed by atoms with Crippen LogP contribution in [-0.2, 0) is 6.42 Å². The summed E-state index contributed by atoms with van der Waals surface area (Å²) in [4.78, 5) is 28.1. The van der Waals surface area contributed by atoms with Crippen molar-refractivity contribution in [3.63, 3.8) is 0 Å². The summed E-state index contributed by atoms with van der Waals surface area (Å²) in [6.45, 7) is 5.45. The molecule has 0 amide bonds. The first-order valence-electron chi connectivity index (χ1n) is 16.1. The van der Waals surface area contributed by atoms with Crippen molar-refractivity contribution in [3.8, 4) is 57.3 Å². The smallest absolute Gasteiger partial charge is 0.197 e. The van der Waals surface area contributed by atoms with Gasteiger partial charge in [-0.3, -0.25) is 9.59 Å². The van der Waals surface area contributed by atoms with Crippen LogP contribution in [0.15, 0.2) is 93.2 Å². The first-order valence-corrected chi connectivity index (χ1v) is 16.1. The molecule has 0 spiro atoms. The van der Waals surface area contributed by atoms with E-state index in [1.807, 2.05) is 13.8 Å². The minimum atomic E-state index is -1.10. The molecule has 3 atom stereocenters. The van der Waals surface area contributed by atoms with E-state index in [9.17, 15) is 50.4 Å². The highest BCUT2D eigenvalue weighted by atomic mass is 16.3. The van der Waals surface area contributed by atoms with E-state index in [2.05, 4.69) is 0 Å². The molecule has 0 unspecified atom stereocenters. The van der Waals surface area contributed by atoms with Gasteiger partial charge in [-0.2, -0.15) is 0 Å². The van der Waals surface area contributed by atoms with Crippen LogP contribution < -0.4 is 5.43 Å². The number of hydrogen-bond donors (Lipinski definition) is 8. The molecule has 1 aliphatic rings. The van der Waals surface area contributed by atoms with Crippen molar-refractivity contribution >= 4 is 16.8 Å². The number of phenols is 8. The fraction of sp³-hybridized carbons (Fsp3) is 0.200. The molecule has 1 aromatic heterocycles. The number of ketones is 1. The van der Waals surface area contributed by atoms with Crippen molar-refractivity contribution < 1.29 is 50.1 Å². The molecule has 0 saturated carbocycles. The number of rotatable bonds is 7. The molecule has 0 saturated heterocycles. The molecule has 8 N–H and O–H groups in total. The first-order chi connectivity index (χ1) is 24.2. The van der Waals surface area contributed by atoms with Crippen LogP contribution in [0.4, 0.5) is 0 Å². The van der Waals surface area contributed by atoms with Gasteiger partial charge >= 0.3 is 0 Å². The average Bonchev–Trinajstić information content (AvgIpc) is 3.04. The summed E-state index contributed by atoms with van der Waals surface area (Å²) in [6, 6.07) is 12.6. The third kappa shape index (κ3) is 6.29. The van der Waals surface area contributed by atoms with Crippen molar-refractivity contribution in [2.24, 2.45) is 5.92 Å². The maximum absolute atomic E-state index is 14.6. The van der Waals surface area contributed by atoms with Gasteiger partial charge in [0.25, 0.3) is 0 Å². The normalized spacial score (nSPS) is 17.2. The minimum absolute atomic E-state index is 0.0123. The van der Waals surface area contributed by atoms with E-state index in [4.69, 9.17) is 4.42 Å². The molecule has 262 valence electrons. The summed E-state index contributed by atoms with van der Waals surface area (Å²) in [7, 11) is 0. The fourth-order valence-electron chi connectivity index (χ4n) is 6.88. The molecule has 0 aliphatic heterocycles. The van der Waals surface area contributed by atoms with Gasteiger partial charge in [-0.1, -0.05) is 29.4 Å². The molecule has 0 bridgehead atoms. The fourth-order valence-corrected chi connectivity index (χ4v) is 6.88. The third-order valence-electron chi connectivity index (χ3n) is 9.47. The standard InChI is InChI=1S/C40H36O11/c1-18(2)4-7-24-29(43)11-10-25(38(24)48)39(49)28-15-26(22-8-5-20(41)13-30(22)44)19(3)12-27(28)36-32(46)17-35-37(40(36)50)33(47)16-34(51-35)23-9-6-21(42)14-31(23)45/h4-6,8-14,16-17,26-28,41-46,48,50H,7,15H2,1-3H3/t26-,27+,28-/m1/s1. The molecule has 11 nitrogen and oxygen atoms in total. The second kappa shape index (κ2) is 13.2. The number of phenolic OH excluding ortho intramolecular Hbond substituents is 8. The molecule has 1 heterocycles. The van der Waals surface area contributed by atoms with Crippen molar-refractivity contribution in [1.29, 1.82) is 0 Å². The highest BCUT2D eigenvalue weighted by Crippen LogP contribution is 2.52. The summed E-state index contributed by atoms with van der Waals surface area (Å²) in [6.07, 6.45) is 3.59. The molecule has 5 aromatic rings. The van der Waals surface area contributed by atoms with Crippen LogP contribution in [-0.4, -0.2) is 46.6 Å². The van der Waals surface area contributed by atoms with E-state index in [-0.39, 0.29) is 80.6 Å². The lowest BCUT2D eigenvalue weighted by atomic mass is 9.67. The number of aromatic hydroxyl groups is 8. The molecule has 4 aromatic carbocycles. The lowest BCUT2D eigenvalue weighted by Crippen LogP contribution is -2.28. The number of Topliss-reactive ketones (excluding diaryl/α,β-unsaturated/α-hetero) is 1. The van der Waals surface area contributed by atoms with Crippen molar-refractivity contribution in [2.45, 2.75) is 45.4 Å². The Morgan fingerprint density at radius 1 is 0.804 bits per heavy atom. The predicted molar refractivity (Wildman–Crippen MR) is 189 cm³/mol. The average molecular weight is 693 g/mol. The Kier molecular flexibility index (Phi) is 8.90. The number of benzene rings is 4. The summed E-state index contributed by atoms with van der Waals surface area (Å²) in [5.74, 6) is -6.17. The quantitative estimate of drug-likeness (QED) is 0.0625. The number of fused-ring (bicyclic) bond motifs is 1. The van der Waals surface area contributed by atoms with E-state index in [1.165, 1.54) is 42.5 Å². The van der Waals surface area contributed by atoms with E-state index in [0.717, 1.165) is 23.8 Å². The largest absolute Gasteiger partial charge is 0.508 e. The number of carbonyl (C=O) groups excluding carboxylic acids is 1. The van der Waals surface area contributed by atoms with Gasteiger partial charge in [0.1, 0.15) is 62.7 Å². The topological polar surface area (TPSA) is 209 Å². The van der Waals surface area contributed by atoms with Gasteiger partial charge in [-0.15, -0.1) is 0 Å². The summed E-state index contributed by atoms with van der Waals surface area (Å²) >= 11 is 0. The second-order valence-corrected chi connectivity index (χ2v) is 13.1. The number of allylic oxidation sites excluding steroid dienone is 4. The summed E-state index contributed by atoms with van der Waals surface area (Å²) in [5, 5.41) is 85.5. The minimum Gasteiger partial charge on any atom is -0.508 e. The zero-order chi connectivity index (χ0) is 36.9. The SMILES string of the molecule is CC(C)=CCc1c(O)ccc(C(=O)[C@@H]2C[C@@H](c3ccc(O)cc3O)C(C)=C[C@@H]2c2c(O)cc3oc(-c4ccc(O)cc4O)cc(=O)c3c2O)c1O. The maximum atomic E-state index is 14.6. The van der Waals surface area contributed by atoms with Gasteiger partial charge in [0.05, 0.1) is 11.1 Å². The lowest BCUT2D eigenvalue weighted by Gasteiger charge is -2.35. The van der Waals surface area contributed by atoms with Crippen LogP contribution in [0.2, 0.25) is 0 Å². The van der Waals surface area contributed by atoms with Crippen molar-refractivity contribution in [2.75, 3.05) is 0 Å². The van der Waals surface area contributed by atoms with Gasteiger partial charge in [0.15, 0.2) is 11.2 Å². The van der Waals surface area contributed by atoms with Gasteiger partial charge in [-0.25, -0.2) is 0 Å². The Bertz CT molecular complexity index is 2340. The maximum Gasteiger partial charge on any atom is 0.197 e. The molecular weight excluding hydrogens is 656 g/mol. The zero-order valence-electron chi connectivity index (χ0n) is 27.9. The Morgan fingerprint density at radius 3 is 2.16 bits per heavy atom. The Morgan fingerprint density at radius 2 is 1.49 bits per heavy atom. The van der Waals surface area contributed by atoms with Crippen LogP contribution in [0.3, 0.4) is 0 Å². The monoisotopic (exact) mass is 692 g/mol. The molecular formula is C40H36O11. The molecule has 0 fully saturated rings. The van der Waals surface area contributed by atoms with Gasteiger partial charge in [0, 0.05) is 58.7 Å². The van der Waals surface area contributed by atoms with Gasteiger partial charge < -0.3 is 45.3 Å². The van der Waals surface area contributed by atoms with E-state index >= 15 is 0 Å². The highest BCUT2D eigenvalue weighted by Gasteiger charge is 2.41. The molecule has 11 heteroatoms. The Balaban J connectivity index is 1.53. The molecule has 1 aliphatic carbocycles. The first kappa shape index (κ1) is 34.5. The Labute approximate surface area is 291 Å².